The van der Waals surface area contributed by atoms with E-state index in [2.05, 4.69) is 22.5 Å². The molecular formula is C21H27BrO6. The summed E-state index contributed by atoms with van der Waals surface area (Å²) in [4.78, 5) is 26.3. The maximum atomic E-state index is 13.6. The average Bonchev–Trinajstić information content (AvgIpc) is 2.59. The summed E-state index contributed by atoms with van der Waals surface area (Å²) >= 11 is 3.56. The summed E-state index contributed by atoms with van der Waals surface area (Å²) in [7, 11) is 0. The number of fused-ring (bicyclic) bond motifs is 1. The number of carbonyl (C=O) groups is 2. The number of esters is 1. The van der Waals surface area contributed by atoms with E-state index in [9.17, 15) is 19.8 Å². The van der Waals surface area contributed by atoms with Crippen LogP contribution in [-0.2, 0) is 19.1 Å². The van der Waals surface area contributed by atoms with Crippen molar-refractivity contribution in [2.24, 2.45) is 34.0 Å². The van der Waals surface area contributed by atoms with E-state index in [0.717, 1.165) is 12.0 Å². The number of ether oxygens (including phenoxy) is 2. The number of hydrogen-bond donors (Lipinski definition) is 2. The van der Waals surface area contributed by atoms with Crippen molar-refractivity contribution in [3.8, 4) is 0 Å². The van der Waals surface area contributed by atoms with Gasteiger partial charge in [0, 0.05) is 11.8 Å². The fourth-order valence-electron chi connectivity index (χ4n) is 7.69. The van der Waals surface area contributed by atoms with Gasteiger partial charge in [-0.15, -0.1) is 0 Å². The molecular weight excluding hydrogens is 428 g/mol. The van der Waals surface area contributed by atoms with Gasteiger partial charge in [0.15, 0.2) is 11.2 Å². The van der Waals surface area contributed by atoms with Crippen molar-refractivity contribution >= 4 is 27.7 Å². The van der Waals surface area contributed by atoms with Gasteiger partial charge in [-0.2, -0.15) is 0 Å². The van der Waals surface area contributed by atoms with E-state index in [4.69, 9.17) is 9.47 Å². The predicted molar refractivity (Wildman–Crippen MR) is 102 cm³/mol. The van der Waals surface area contributed by atoms with Gasteiger partial charge in [0.25, 0.3) is 0 Å². The molecule has 6 fully saturated rings. The van der Waals surface area contributed by atoms with Crippen molar-refractivity contribution in [3.63, 3.8) is 0 Å². The Balaban J connectivity index is 1.76. The van der Waals surface area contributed by atoms with Crippen LogP contribution in [-0.4, -0.2) is 51.4 Å². The monoisotopic (exact) mass is 454 g/mol. The Kier molecular flexibility index (Phi) is 3.63. The third-order valence-corrected chi connectivity index (χ3v) is 9.38. The summed E-state index contributed by atoms with van der Waals surface area (Å²) in [5.74, 6) is -3.64. The zero-order valence-electron chi connectivity index (χ0n) is 16.4. The van der Waals surface area contributed by atoms with E-state index in [1.54, 1.807) is 0 Å². The maximum absolute atomic E-state index is 13.6. The van der Waals surface area contributed by atoms with Crippen LogP contribution in [0.15, 0.2) is 12.2 Å². The Morgan fingerprint density at radius 1 is 1.29 bits per heavy atom. The molecule has 7 heteroatoms. The van der Waals surface area contributed by atoms with Crippen LogP contribution in [0.1, 0.15) is 40.0 Å². The van der Waals surface area contributed by atoms with Crippen molar-refractivity contribution in [2.75, 3.05) is 6.61 Å². The lowest BCUT2D eigenvalue weighted by Crippen LogP contribution is -2.90. The molecule has 9 atom stereocenters. The van der Waals surface area contributed by atoms with Crippen molar-refractivity contribution in [2.45, 2.75) is 62.9 Å². The standard InChI is InChI=1S/C21H27BrO6/c1-9(2)10-5-6-12-19-8-27-21(26,20(12)16(10)28-17(20)25)15(24)13(19)18(3,4)7-11(22)14(19)23/h10-13,15-16,24,26H,1,5-8H2,2-4H3/t10-,11?,12-,13+,15-,16+,19-,20?,21-/m0/s1. The number of carbonyl (C=O) groups excluding carboxylic acids is 2. The van der Waals surface area contributed by atoms with Gasteiger partial charge in [0.2, 0.25) is 5.79 Å². The first kappa shape index (κ1) is 19.2. The molecule has 6 rings (SSSR count). The minimum atomic E-state index is -2.05. The van der Waals surface area contributed by atoms with Crippen LogP contribution in [0.4, 0.5) is 0 Å². The van der Waals surface area contributed by atoms with Gasteiger partial charge in [-0.25, -0.2) is 0 Å². The molecule has 2 unspecified atom stereocenters. The van der Waals surface area contributed by atoms with Crippen molar-refractivity contribution in [1.29, 1.82) is 0 Å². The second-order valence-electron chi connectivity index (χ2n) is 10.3. The summed E-state index contributed by atoms with van der Waals surface area (Å²) in [5, 5.41) is 23.1. The number of ketones is 1. The number of aliphatic hydroxyl groups excluding tert-OH is 1. The SMILES string of the molecule is C=C(C)[C@@H]1CC[C@@H]2C3(C(=O)O[C@H]13)[C@@]1(O)OC[C@]23C(=O)C(Br)CC(C)(C)[C@H]3[C@@H]1O. The summed E-state index contributed by atoms with van der Waals surface area (Å²) in [6, 6.07) is 0. The first-order valence-electron chi connectivity index (χ1n) is 10.1. The van der Waals surface area contributed by atoms with Gasteiger partial charge in [-0.05, 0) is 37.5 Å². The van der Waals surface area contributed by atoms with E-state index < -0.39 is 52.0 Å². The number of alkyl halides is 1. The summed E-state index contributed by atoms with van der Waals surface area (Å²) in [5.41, 5.74) is -1.97. The highest BCUT2D eigenvalue weighted by atomic mass is 79.9. The van der Waals surface area contributed by atoms with Crippen molar-refractivity contribution < 1.29 is 29.3 Å². The normalized spacial score (nSPS) is 56.1. The van der Waals surface area contributed by atoms with E-state index in [-0.39, 0.29) is 23.1 Å². The molecule has 2 spiro atoms. The molecule has 3 saturated heterocycles. The molecule has 6 aliphatic rings. The molecule has 2 bridgehead atoms. The smallest absolute Gasteiger partial charge is 0.322 e. The number of aliphatic hydroxyl groups is 2. The van der Waals surface area contributed by atoms with Crippen LogP contribution in [0.5, 0.6) is 0 Å². The van der Waals surface area contributed by atoms with Crippen molar-refractivity contribution in [1.82, 2.24) is 0 Å². The molecule has 0 aromatic rings. The maximum Gasteiger partial charge on any atom is 0.322 e. The van der Waals surface area contributed by atoms with Crippen LogP contribution in [0, 0.1) is 34.0 Å². The molecule has 3 aliphatic carbocycles. The fourth-order valence-corrected chi connectivity index (χ4v) is 8.95. The number of halogens is 1. The molecule has 0 radical (unpaired) electrons. The van der Waals surface area contributed by atoms with Crippen LogP contribution in [0.2, 0.25) is 0 Å². The minimum Gasteiger partial charge on any atom is -0.460 e. The van der Waals surface area contributed by atoms with Crippen LogP contribution in [0.3, 0.4) is 0 Å². The summed E-state index contributed by atoms with van der Waals surface area (Å²) in [6.07, 6.45) is -0.0650. The second kappa shape index (κ2) is 5.29. The first-order valence-corrected chi connectivity index (χ1v) is 11.0. The van der Waals surface area contributed by atoms with Crippen LogP contribution in [0.25, 0.3) is 0 Å². The molecule has 0 aromatic heterocycles. The van der Waals surface area contributed by atoms with E-state index in [1.165, 1.54) is 0 Å². The highest BCUT2D eigenvalue weighted by Gasteiger charge is 2.90. The van der Waals surface area contributed by atoms with E-state index >= 15 is 0 Å². The van der Waals surface area contributed by atoms with E-state index in [1.807, 2.05) is 20.8 Å². The quantitative estimate of drug-likeness (QED) is 0.357. The van der Waals surface area contributed by atoms with Gasteiger partial charge in [0.1, 0.15) is 12.2 Å². The molecule has 3 saturated carbocycles. The molecule has 3 aliphatic heterocycles. The lowest BCUT2D eigenvalue weighted by Gasteiger charge is -2.76. The minimum absolute atomic E-state index is 0.0192. The first-order chi connectivity index (χ1) is 13.0. The lowest BCUT2D eigenvalue weighted by atomic mass is 9.34. The predicted octanol–water partition coefficient (Wildman–Crippen LogP) is 1.96. The Bertz CT molecular complexity index is 809. The van der Waals surface area contributed by atoms with Gasteiger partial charge in [-0.1, -0.05) is 41.9 Å². The highest BCUT2D eigenvalue weighted by molar-refractivity contribution is 9.10. The average molecular weight is 455 g/mol. The zero-order chi connectivity index (χ0) is 20.4. The van der Waals surface area contributed by atoms with Crippen molar-refractivity contribution in [3.05, 3.63) is 12.2 Å². The summed E-state index contributed by atoms with van der Waals surface area (Å²) in [6.45, 7) is 10.0. The molecule has 2 N–H and O–H groups in total. The largest absolute Gasteiger partial charge is 0.460 e. The van der Waals surface area contributed by atoms with Gasteiger partial charge < -0.3 is 19.7 Å². The zero-order valence-corrected chi connectivity index (χ0v) is 18.0. The van der Waals surface area contributed by atoms with Gasteiger partial charge in [-0.3, -0.25) is 9.59 Å². The Labute approximate surface area is 172 Å². The Morgan fingerprint density at radius 2 is 1.96 bits per heavy atom. The summed E-state index contributed by atoms with van der Waals surface area (Å²) < 4.78 is 11.4. The Morgan fingerprint density at radius 3 is 2.57 bits per heavy atom. The third-order valence-electron chi connectivity index (χ3n) is 8.64. The van der Waals surface area contributed by atoms with Crippen LogP contribution < -0.4 is 0 Å². The van der Waals surface area contributed by atoms with Gasteiger partial charge >= 0.3 is 5.97 Å². The third kappa shape index (κ3) is 1.71. The number of hydrogen-bond acceptors (Lipinski definition) is 6. The highest BCUT2D eigenvalue weighted by Crippen LogP contribution is 2.76. The molecule has 0 amide bonds. The topological polar surface area (TPSA) is 93.1 Å². The number of Topliss-reactive ketones (excluding diaryl/α,β-unsaturated/α-hetero) is 1. The lowest BCUT2D eigenvalue weighted by molar-refractivity contribution is -0.463. The van der Waals surface area contributed by atoms with E-state index in [0.29, 0.717) is 12.8 Å². The molecule has 6 nitrogen and oxygen atoms in total. The molecule has 3 heterocycles. The number of rotatable bonds is 1. The van der Waals surface area contributed by atoms with Gasteiger partial charge in [0.05, 0.1) is 16.8 Å². The Hall–Kier alpha value is -0.760. The van der Waals surface area contributed by atoms with Crippen LogP contribution >= 0.6 is 15.9 Å². The molecule has 0 aromatic carbocycles. The molecule has 154 valence electrons. The fraction of sp³-hybridized carbons (Fsp3) is 0.810. The second-order valence-corrected chi connectivity index (χ2v) is 11.4. The molecule has 28 heavy (non-hydrogen) atoms.